The minimum Gasteiger partial charge on any atom is -0.392 e. The van der Waals surface area contributed by atoms with Crippen molar-refractivity contribution in [3.05, 3.63) is 11.6 Å². The van der Waals surface area contributed by atoms with Crippen molar-refractivity contribution in [3.63, 3.8) is 0 Å². The summed E-state index contributed by atoms with van der Waals surface area (Å²) in [6, 6.07) is 0. The summed E-state index contributed by atoms with van der Waals surface area (Å²) in [6.45, 7) is 3.95. The highest BCUT2D eigenvalue weighted by Crippen LogP contribution is 2.16. The molecule has 2 N–H and O–H groups in total. The van der Waals surface area contributed by atoms with Gasteiger partial charge in [-0.05, 0) is 19.3 Å². The zero-order chi connectivity index (χ0) is 10.3. The van der Waals surface area contributed by atoms with Crippen LogP contribution < -0.4 is 0 Å². The molecule has 0 saturated heterocycles. The third kappa shape index (κ3) is 5.46. The van der Waals surface area contributed by atoms with Crippen molar-refractivity contribution < 1.29 is 10.2 Å². The SMILES string of the molecule is C#CC[C@@H](O)[C@H](C)C/C(C)=C/CO. The first-order valence-electron chi connectivity index (χ1n) is 4.49. The van der Waals surface area contributed by atoms with Crippen molar-refractivity contribution in [2.45, 2.75) is 32.8 Å². The van der Waals surface area contributed by atoms with E-state index in [0.717, 1.165) is 12.0 Å². The Kier molecular flexibility index (Phi) is 6.30. The number of aliphatic hydroxyl groups excluding tert-OH is 2. The molecule has 0 rings (SSSR count). The number of aliphatic hydroxyl groups is 2. The number of rotatable bonds is 5. The van der Waals surface area contributed by atoms with E-state index in [-0.39, 0.29) is 12.5 Å². The van der Waals surface area contributed by atoms with Gasteiger partial charge in [-0.3, -0.25) is 0 Å². The lowest BCUT2D eigenvalue weighted by molar-refractivity contribution is 0.121. The first-order chi connectivity index (χ1) is 6.11. The van der Waals surface area contributed by atoms with Gasteiger partial charge in [0.15, 0.2) is 0 Å². The minimum absolute atomic E-state index is 0.0593. The molecule has 0 aromatic heterocycles. The molecule has 0 amide bonds. The zero-order valence-electron chi connectivity index (χ0n) is 8.33. The first kappa shape index (κ1) is 12.2. The average Bonchev–Trinajstić information content (AvgIpc) is 2.05. The van der Waals surface area contributed by atoms with Gasteiger partial charge < -0.3 is 10.2 Å². The van der Waals surface area contributed by atoms with Gasteiger partial charge in [-0.25, -0.2) is 0 Å². The van der Waals surface area contributed by atoms with Gasteiger partial charge in [-0.1, -0.05) is 18.6 Å². The fourth-order valence-electron chi connectivity index (χ4n) is 1.21. The van der Waals surface area contributed by atoms with Crippen LogP contribution in [0.3, 0.4) is 0 Å². The number of terminal acetylenes is 1. The summed E-state index contributed by atoms with van der Waals surface area (Å²) in [5.41, 5.74) is 1.09. The molecule has 2 heteroatoms. The number of allylic oxidation sites excluding steroid dienone is 1. The van der Waals surface area contributed by atoms with Crippen molar-refractivity contribution >= 4 is 0 Å². The van der Waals surface area contributed by atoms with Crippen molar-refractivity contribution in [1.29, 1.82) is 0 Å². The van der Waals surface area contributed by atoms with E-state index in [1.54, 1.807) is 6.08 Å². The highest BCUT2D eigenvalue weighted by molar-refractivity contribution is 5.00. The monoisotopic (exact) mass is 182 g/mol. The number of hydrogen-bond donors (Lipinski definition) is 2. The minimum atomic E-state index is -0.438. The Morgan fingerprint density at radius 1 is 1.62 bits per heavy atom. The van der Waals surface area contributed by atoms with Crippen molar-refractivity contribution in [3.8, 4) is 12.3 Å². The average molecular weight is 182 g/mol. The summed E-state index contributed by atoms with van der Waals surface area (Å²) in [4.78, 5) is 0. The van der Waals surface area contributed by atoms with E-state index in [1.165, 1.54) is 0 Å². The van der Waals surface area contributed by atoms with Crippen LogP contribution in [0, 0.1) is 18.3 Å². The topological polar surface area (TPSA) is 40.5 Å². The summed E-state index contributed by atoms with van der Waals surface area (Å²) in [7, 11) is 0. The third-order valence-electron chi connectivity index (χ3n) is 2.07. The Bertz CT molecular complexity index is 201. The molecule has 0 unspecified atom stereocenters. The molecule has 0 fully saturated rings. The van der Waals surface area contributed by atoms with Crippen LogP contribution in [0.25, 0.3) is 0 Å². The van der Waals surface area contributed by atoms with Gasteiger partial charge in [0, 0.05) is 6.42 Å². The van der Waals surface area contributed by atoms with Crippen LogP contribution in [0.2, 0.25) is 0 Å². The Hall–Kier alpha value is -0.780. The molecule has 0 radical (unpaired) electrons. The lowest BCUT2D eigenvalue weighted by Gasteiger charge is -2.16. The van der Waals surface area contributed by atoms with Gasteiger partial charge in [0.05, 0.1) is 12.7 Å². The van der Waals surface area contributed by atoms with Crippen LogP contribution >= 0.6 is 0 Å². The van der Waals surface area contributed by atoms with Gasteiger partial charge in [0.1, 0.15) is 0 Å². The van der Waals surface area contributed by atoms with Gasteiger partial charge in [0.25, 0.3) is 0 Å². The third-order valence-corrected chi connectivity index (χ3v) is 2.07. The quantitative estimate of drug-likeness (QED) is 0.497. The molecule has 0 spiro atoms. The van der Waals surface area contributed by atoms with Gasteiger partial charge in [0.2, 0.25) is 0 Å². The molecular weight excluding hydrogens is 164 g/mol. The van der Waals surface area contributed by atoms with Crippen LogP contribution in [0.1, 0.15) is 26.7 Å². The second kappa shape index (κ2) is 6.71. The van der Waals surface area contributed by atoms with Crippen molar-refractivity contribution in [2.75, 3.05) is 6.61 Å². The molecular formula is C11H18O2. The molecule has 0 saturated carbocycles. The zero-order valence-corrected chi connectivity index (χ0v) is 8.33. The summed E-state index contributed by atoms with van der Waals surface area (Å²) < 4.78 is 0. The van der Waals surface area contributed by atoms with E-state index in [1.807, 2.05) is 13.8 Å². The summed E-state index contributed by atoms with van der Waals surface area (Å²) in [6.07, 6.45) is 7.58. The molecule has 2 atom stereocenters. The van der Waals surface area contributed by atoms with Crippen molar-refractivity contribution in [2.24, 2.45) is 5.92 Å². The molecule has 74 valence electrons. The molecule has 0 aromatic carbocycles. The Balaban J connectivity index is 3.93. The lowest BCUT2D eigenvalue weighted by atomic mass is 9.95. The van der Waals surface area contributed by atoms with E-state index in [9.17, 15) is 5.11 Å². The van der Waals surface area contributed by atoms with Crippen LogP contribution in [0.15, 0.2) is 11.6 Å². The summed E-state index contributed by atoms with van der Waals surface area (Å²) in [5, 5.41) is 18.1. The van der Waals surface area contributed by atoms with E-state index >= 15 is 0 Å². The molecule has 0 aliphatic rings. The largest absolute Gasteiger partial charge is 0.392 e. The van der Waals surface area contributed by atoms with Gasteiger partial charge in [-0.15, -0.1) is 12.3 Å². The first-order valence-corrected chi connectivity index (χ1v) is 4.49. The maximum atomic E-state index is 9.50. The molecule has 2 nitrogen and oxygen atoms in total. The molecule has 0 aliphatic heterocycles. The van der Waals surface area contributed by atoms with Crippen LogP contribution in [-0.4, -0.2) is 22.9 Å². The van der Waals surface area contributed by atoms with E-state index in [2.05, 4.69) is 5.92 Å². The molecule has 13 heavy (non-hydrogen) atoms. The molecule has 0 bridgehead atoms. The second-order valence-corrected chi connectivity index (χ2v) is 3.39. The Morgan fingerprint density at radius 2 is 2.23 bits per heavy atom. The number of hydrogen-bond acceptors (Lipinski definition) is 2. The van der Waals surface area contributed by atoms with Crippen molar-refractivity contribution in [1.82, 2.24) is 0 Å². The maximum absolute atomic E-state index is 9.50. The van der Waals surface area contributed by atoms with E-state index in [0.29, 0.717) is 6.42 Å². The molecule has 0 aliphatic carbocycles. The summed E-state index contributed by atoms with van der Waals surface area (Å²) >= 11 is 0. The molecule has 0 aromatic rings. The summed E-state index contributed by atoms with van der Waals surface area (Å²) in [5.74, 6) is 2.59. The van der Waals surface area contributed by atoms with E-state index in [4.69, 9.17) is 11.5 Å². The fourth-order valence-corrected chi connectivity index (χ4v) is 1.21. The predicted octanol–water partition coefficient (Wildman–Crippen LogP) is 1.34. The second-order valence-electron chi connectivity index (χ2n) is 3.39. The normalized spacial score (nSPS) is 16.4. The van der Waals surface area contributed by atoms with Crippen LogP contribution in [0.4, 0.5) is 0 Å². The lowest BCUT2D eigenvalue weighted by Crippen LogP contribution is -2.17. The predicted molar refractivity (Wildman–Crippen MR) is 54.1 cm³/mol. The highest BCUT2D eigenvalue weighted by Gasteiger charge is 2.12. The highest BCUT2D eigenvalue weighted by atomic mass is 16.3. The Labute approximate surface area is 80.3 Å². The fraction of sp³-hybridized carbons (Fsp3) is 0.636. The smallest absolute Gasteiger partial charge is 0.0677 e. The Morgan fingerprint density at radius 3 is 2.69 bits per heavy atom. The van der Waals surface area contributed by atoms with Gasteiger partial charge >= 0.3 is 0 Å². The van der Waals surface area contributed by atoms with Crippen LogP contribution in [0.5, 0.6) is 0 Å². The van der Waals surface area contributed by atoms with Crippen LogP contribution in [-0.2, 0) is 0 Å². The maximum Gasteiger partial charge on any atom is 0.0677 e. The standard InChI is InChI=1S/C11H18O2/c1-4-5-11(13)10(3)8-9(2)6-7-12/h1,6,10-13H,5,7-8H2,2-3H3/b9-6+/t10-,11-/m1/s1. The molecule has 0 heterocycles. The van der Waals surface area contributed by atoms with Gasteiger partial charge in [-0.2, -0.15) is 0 Å². The van der Waals surface area contributed by atoms with E-state index < -0.39 is 6.10 Å².